The second-order valence-electron chi connectivity index (χ2n) is 7.26. The van der Waals surface area contributed by atoms with Gasteiger partial charge in [0.15, 0.2) is 5.82 Å². The van der Waals surface area contributed by atoms with E-state index in [9.17, 15) is 4.79 Å². The number of piperazine rings is 1. The first-order chi connectivity index (χ1) is 14.2. The number of carbonyl (C=O) groups excluding carboxylic acids is 1. The Bertz CT molecular complexity index is 1020. The smallest absolute Gasteiger partial charge is 0.152 e. The Morgan fingerprint density at radius 2 is 2.21 bits per heavy atom. The summed E-state index contributed by atoms with van der Waals surface area (Å²) in [6, 6.07) is 9.84. The van der Waals surface area contributed by atoms with E-state index in [0.29, 0.717) is 6.54 Å². The molecule has 1 fully saturated rings. The molecule has 1 aromatic carbocycles. The lowest BCUT2D eigenvalue weighted by atomic mass is 10.1. The van der Waals surface area contributed by atoms with Crippen molar-refractivity contribution in [2.45, 2.75) is 19.9 Å². The summed E-state index contributed by atoms with van der Waals surface area (Å²) in [5.74, 6) is 2.72. The van der Waals surface area contributed by atoms with Gasteiger partial charge in [-0.15, -0.1) is 0 Å². The number of rotatable bonds is 6. The molecule has 1 aliphatic heterocycles. The van der Waals surface area contributed by atoms with E-state index in [0.717, 1.165) is 65.5 Å². The van der Waals surface area contributed by atoms with Crippen molar-refractivity contribution in [1.82, 2.24) is 9.97 Å². The van der Waals surface area contributed by atoms with Gasteiger partial charge in [0.2, 0.25) is 0 Å². The molecule has 29 heavy (non-hydrogen) atoms. The fourth-order valence-electron chi connectivity index (χ4n) is 4.08. The summed E-state index contributed by atoms with van der Waals surface area (Å²) in [5.41, 5.74) is 3.12. The number of hydrogen-bond acceptors (Lipinski definition) is 6. The van der Waals surface area contributed by atoms with Crippen molar-refractivity contribution >= 4 is 34.5 Å². The first-order valence-electron chi connectivity index (χ1n) is 9.98. The van der Waals surface area contributed by atoms with Crippen molar-refractivity contribution in [3.05, 3.63) is 42.1 Å². The van der Waals surface area contributed by atoms with E-state index in [2.05, 4.69) is 38.1 Å². The Morgan fingerprint density at radius 1 is 1.34 bits per heavy atom. The summed E-state index contributed by atoms with van der Waals surface area (Å²) in [4.78, 5) is 24.4. The molecule has 7 heteroatoms. The van der Waals surface area contributed by atoms with Gasteiger partial charge in [0.25, 0.3) is 0 Å². The van der Waals surface area contributed by atoms with Gasteiger partial charge in [-0.2, -0.15) is 0 Å². The molecule has 2 N–H and O–H groups in total. The molecule has 1 saturated heterocycles. The molecular weight excluding hydrogens is 366 g/mol. The Morgan fingerprint density at radius 3 is 2.97 bits per heavy atom. The third kappa shape index (κ3) is 3.48. The zero-order valence-corrected chi connectivity index (χ0v) is 17.1. The second kappa shape index (κ2) is 8.03. The summed E-state index contributed by atoms with van der Waals surface area (Å²) in [6.45, 7) is 7.05. The quantitative estimate of drug-likeness (QED) is 0.627. The minimum Gasteiger partial charge on any atom is -0.496 e. The average Bonchev–Trinajstić information content (AvgIpc) is 3.19. The number of hydrogen-bond donors (Lipinski definition) is 2. The highest BCUT2D eigenvalue weighted by Gasteiger charge is 2.29. The van der Waals surface area contributed by atoms with Crippen LogP contribution in [0.15, 0.2) is 36.5 Å². The highest BCUT2D eigenvalue weighted by molar-refractivity contribution is 5.89. The van der Waals surface area contributed by atoms with Crippen LogP contribution < -0.4 is 19.9 Å². The number of benzene rings is 1. The number of nitrogens with zero attached hydrogens (tertiary/aromatic N) is 3. The molecule has 1 unspecified atom stereocenters. The lowest BCUT2D eigenvalue weighted by Gasteiger charge is -2.40. The van der Waals surface area contributed by atoms with E-state index in [1.807, 2.05) is 31.2 Å². The van der Waals surface area contributed by atoms with E-state index in [1.165, 1.54) is 0 Å². The van der Waals surface area contributed by atoms with Crippen molar-refractivity contribution in [3.63, 3.8) is 0 Å². The fraction of sp³-hybridized carbons (Fsp3) is 0.364. The third-order valence-electron chi connectivity index (χ3n) is 5.55. The van der Waals surface area contributed by atoms with Gasteiger partial charge in [-0.05, 0) is 44.2 Å². The highest BCUT2D eigenvalue weighted by Crippen LogP contribution is 2.32. The molecule has 0 spiro atoms. The summed E-state index contributed by atoms with van der Waals surface area (Å²) < 4.78 is 5.43. The van der Waals surface area contributed by atoms with Crippen LogP contribution >= 0.6 is 0 Å². The van der Waals surface area contributed by atoms with E-state index >= 15 is 0 Å². The second-order valence-corrected chi connectivity index (χ2v) is 7.26. The number of aldehydes is 1. The Labute approximate surface area is 170 Å². The van der Waals surface area contributed by atoms with E-state index in [4.69, 9.17) is 4.74 Å². The molecule has 0 amide bonds. The topological polar surface area (TPSA) is 73.5 Å². The summed E-state index contributed by atoms with van der Waals surface area (Å²) in [5, 5.41) is 4.48. The Hall–Kier alpha value is -3.22. The maximum absolute atomic E-state index is 12.0. The number of nitrogens with one attached hydrogen (secondary N) is 2. The molecule has 0 bridgehead atoms. The van der Waals surface area contributed by atoms with E-state index in [-0.39, 0.29) is 6.04 Å². The van der Waals surface area contributed by atoms with Crippen LogP contribution in [0.3, 0.4) is 0 Å². The molecule has 0 radical (unpaired) electrons. The van der Waals surface area contributed by atoms with Crippen LogP contribution in [-0.2, 0) is 4.79 Å². The highest BCUT2D eigenvalue weighted by atomic mass is 16.5. The van der Waals surface area contributed by atoms with E-state index < -0.39 is 0 Å². The number of anilines is 3. The molecule has 152 valence electrons. The van der Waals surface area contributed by atoms with Gasteiger partial charge < -0.3 is 29.6 Å². The minimum atomic E-state index is -0.254. The number of H-pyrrole nitrogens is 1. The van der Waals surface area contributed by atoms with E-state index in [1.54, 1.807) is 13.3 Å². The molecule has 3 aromatic rings. The van der Waals surface area contributed by atoms with Gasteiger partial charge in [-0.1, -0.05) is 0 Å². The molecular formula is C22H27N5O2. The van der Waals surface area contributed by atoms with Crippen LogP contribution in [0.5, 0.6) is 5.75 Å². The van der Waals surface area contributed by atoms with Crippen molar-refractivity contribution in [3.8, 4) is 5.75 Å². The number of aryl methyl sites for hydroxylation is 1. The number of aromatic nitrogens is 2. The van der Waals surface area contributed by atoms with Gasteiger partial charge in [0.05, 0.1) is 18.3 Å². The van der Waals surface area contributed by atoms with Crippen LogP contribution in [0.2, 0.25) is 0 Å². The summed E-state index contributed by atoms with van der Waals surface area (Å²) >= 11 is 0. The summed E-state index contributed by atoms with van der Waals surface area (Å²) in [7, 11) is 1.68. The van der Waals surface area contributed by atoms with Crippen LogP contribution in [0.25, 0.3) is 10.9 Å². The number of ether oxygens (including phenoxy) is 1. The maximum Gasteiger partial charge on any atom is 0.152 e. The lowest BCUT2D eigenvalue weighted by Crippen LogP contribution is -2.54. The van der Waals surface area contributed by atoms with Crippen molar-refractivity contribution < 1.29 is 9.53 Å². The van der Waals surface area contributed by atoms with Gasteiger partial charge in [0, 0.05) is 43.3 Å². The molecule has 4 rings (SSSR count). The lowest BCUT2D eigenvalue weighted by molar-refractivity contribution is -0.109. The SMILES string of the molecule is CCNc1cccnc1N1CCN(c2cc3ccc(OC)c(C)c3[nH]2)C(C=O)C1. The zero-order chi connectivity index (χ0) is 20.4. The van der Waals surface area contributed by atoms with Crippen LogP contribution in [0.1, 0.15) is 12.5 Å². The molecule has 7 nitrogen and oxygen atoms in total. The molecule has 3 heterocycles. The number of pyridine rings is 1. The molecule has 1 aliphatic rings. The number of methoxy groups -OCH3 is 1. The fourth-order valence-corrected chi connectivity index (χ4v) is 4.08. The molecule has 0 aliphatic carbocycles. The number of carbonyl (C=O) groups is 1. The third-order valence-corrected chi connectivity index (χ3v) is 5.55. The number of fused-ring (bicyclic) bond motifs is 1. The van der Waals surface area contributed by atoms with Gasteiger partial charge in [0.1, 0.15) is 23.9 Å². The van der Waals surface area contributed by atoms with Crippen molar-refractivity contribution in [2.75, 3.05) is 48.4 Å². The van der Waals surface area contributed by atoms with Crippen LogP contribution in [0.4, 0.5) is 17.3 Å². The molecule has 1 atom stereocenters. The first kappa shape index (κ1) is 19.1. The van der Waals surface area contributed by atoms with Crippen molar-refractivity contribution in [2.24, 2.45) is 0 Å². The monoisotopic (exact) mass is 393 g/mol. The maximum atomic E-state index is 12.0. The van der Waals surface area contributed by atoms with Crippen LogP contribution in [0, 0.1) is 6.92 Å². The standard InChI is InChI=1S/C22H27N5O2/c1-4-23-18-6-5-9-24-22(18)26-10-11-27(17(13-26)14-28)20-12-16-7-8-19(29-3)15(2)21(16)25-20/h5-9,12,14,17,23,25H,4,10-11,13H2,1-3H3. The average molecular weight is 393 g/mol. The normalized spacial score (nSPS) is 16.9. The zero-order valence-electron chi connectivity index (χ0n) is 17.1. The number of aromatic amines is 1. The Balaban J connectivity index is 1.61. The molecule has 0 saturated carbocycles. The van der Waals surface area contributed by atoms with Gasteiger partial charge in [-0.25, -0.2) is 4.98 Å². The first-order valence-corrected chi connectivity index (χ1v) is 9.98. The predicted octanol–water partition coefficient (Wildman–Crippen LogP) is 3.21. The van der Waals surface area contributed by atoms with Gasteiger partial charge >= 0.3 is 0 Å². The minimum absolute atomic E-state index is 0.254. The Kier molecular flexibility index (Phi) is 5.29. The largest absolute Gasteiger partial charge is 0.496 e. The predicted molar refractivity (Wildman–Crippen MR) is 117 cm³/mol. The van der Waals surface area contributed by atoms with Gasteiger partial charge in [-0.3, -0.25) is 0 Å². The van der Waals surface area contributed by atoms with Crippen molar-refractivity contribution in [1.29, 1.82) is 0 Å². The van der Waals surface area contributed by atoms with Crippen LogP contribution in [-0.4, -0.2) is 55.6 Å². The molecule has 2 aromatic heterocycles. The summed E-state index contributed by atoms with van der Waals surface area (Å²) in [6.07, 6.45) is 2.83.